The van der Waals surface area contributed by atoms with Crippen molar-refractivity contribution in [2.75, 3.05) is 20.1 Å². The van der Waals surface area contributed by atoms with Crippen LogP contribution in [0.5, 0.6) is 0 Å². The lowest BCUT2D eigenvalue weighted by molar-refractivity contribution is 0.0292. The number of nitrogens with two attached hydrogens (primary N) is 1. The molecule has 3 N–H and O–H groups in total. The van der Waals surface area contributed by atoms with Gasteiger partial charge in [0.1, 0.15) is 0 Å². The molecule has 3 aromatic heterocycles. The summed E-state index contributed by atoms with van der Waals surface area (Å²) in [4.78, 5) is 12.1. The molecular formula is C34H46N6O2Si. The van der Waals surface area contributed by atoms with Gasteiger partial charge in [-0.25, -0.2) is 14.6 Å². The van der Waals surface area contributed by atoms with Gasteiger partial charge in [-0.05, 0) is 85.6 Å². The first-order chi connectivity index (χ1) is 20.3. The van der Waals surface area contributed by atoms with Crippen molar-refractivity contribution in [1.29, 1.82) is 0 Å². The Morgan fingerprint density at radius 1 is 1.07 bits per heavy atom. The van der Waals surface area contributed by atoms with Crippen molar-refractivity contribution in [2.45, 2.75) is 77.4 Å². The van der Waals surface area contributed by atoms with Gasteiger partial charge < -0.3 is 14.4 Å². The summed E-state index contributed by atoms with van der Waals surface area (Å²) in [7, 11) is 0.222. The van der Waals surface area contributed by atoms with Crippen molar-refractivity contribution >= 4 is 24.8 Å². The Morgan fingerprint density at radius 3 is 2.53 bits per heavy atom. The normalized spacial score (nSPS) is 16.3. The minimum Gasteiger partial charge on any atom is -0.411 e. The molecule has 228 valence electrons. The Kier molecular flexibility index (Phi) is 8.75. The number of benzene rings is 1. The first-order valence-corrected chi connectivity index (χ1v) is 18.2. The highest BCUT2D eigenvalue weighted by atomic mass is 28.4. The van der Waals surface area contributed by atoms with Gasteiger partial charge in [0.25, 0.3) is 0 Å². The lowest BCUT2D eigenvalue weighted by Gasteiger charge is -2.36. The van der Waals surface area contributed by atoms with Gasteiger partial charge in [0, 0.05) is 24.0 Å². The topological polar surface area (TPSA) is 102 Å². The fourth-order valence-corrected chi connectivity index (χ4v) is 6.16. The van der Waals surface area contributed by atoms with Crippen LogP contribution in [0.4, 0.5) is 0 Å². The second kappa shape index (κ2) is 12.1. The molecule has 8 nitrogen and oxygen atoms in total. The molecule has 0 amide bonds. The van der Waals surface area contributed by atoms with Gasteiger partial charge in [-0.3, -0.25) is 5.73 Å². The Bertz CT molecular complexity index is 1640. The zero-order valence-electron chi connectivity index (χ0n) is 26.7. The number of hydrogen-bond acceptors (Lipinski definition) is 7. The number of nitrogens with zero attached hydrogens (tertiary/aromatic N) is 5. The van der Waals surface area contributed by atoms with E-state index in [0.717, 1.165) is 65.2 Å². The van der Waals surface area contributed by atoms with Crippen molar-refractivity contribution in [3.63, 3.8) is 0 Å². The average molecular weight is 599 g/mol. The minimum absolute atomic E-state index is 0.125. The van der Waals surface area contributed by atoms with Crippen LogP contribution in [0.25, 0.3) is 33.6 Å². The van der Waals surface area contributed by atoms with Crippen molar-refractivity contribution in [1.82, 2.24) is 24.6 Å². The molecule has 4 heterocycles. The van der Waals surface area contributed by atoms with Gasteiger partial charge in [0.2, 0.25) is 0 Å². The first-order valence-electron chi connectivity index (χ1n) is 15.3. The summed E-state index contributed by atoms with van der Waals surface area (Å²) >= 11 is 0. The number of fused-ring (bicyclic) bond motifs is 1. The molecule has 1 atom stereocenters. The van der Waals surface area contributed by atoms with Crippen molar-refractivity contribution in [3.8, 4) is 17.1 Å². The monoisotopic (exact) mass is 598 g/mol. The molecule has 0 aliphatic carbocycles. The second-order valence-electron chi connectivity index (χ2n) is 13.4. The van der Waals surface area contributed by atoms with E-state index in [1.165, 1.54) is 5.57 Å². The van der Waals surface area contributed by atoms with Crippen LogP contribution in [0.1, 0.15) is 63.9 Å². The molecule has 1 aromatic carbocycles. The van der Waals surface area contributed by atoms with E-state index in [4.69, 9.17) is 25.2 Å². The molecule has 1 aliphatic heterocycles. The van der Waals surface area contributed by atoms with Crippen LogP contribution in [0.15, 0.2) is 60.8 Å². The quantitative estimate of drug-likeness (QED) is 0.165. The number of aliphatic hydroxyl groups is 1. The van der Waals surface area contributed by atoms with Crippen LogP contribution >= 0.6 is 0 Å². The Balaban J connectivity index is 1.60. The van der Waals surface area contributed by atoms with Gasteiger partial charge in [-0.15, -0.1) is 0 Å². The van der Waals surface area contributed by atoms with E-state index in [1.807, 2.05) is 48.1 Å². The zero-order chi connectivity index (χ0) is 31.0. The second-order valence-corrected chi connectivity index (χ2v) is 18.2. The van der Waals surface area contributed by atoms with Crippen LogP contribution in [0, 0.1) is 0 Å². The molecule has 0 fully saturated rings. The summed E-state index contributed by atoms with van der Waals surface area (Å²) in [6.45, 7) is 15.6. The van der Waals surface area contributed by atoms with Gasteiger partial charge >= 0.3 is 0 Å². The standard InChI is InChI=1S/C34H46N6O2Si/c1-8-17-34(35,41)31-13-10-12-29(38-31)25-20-27(24-15-18-39(5)19-16-24)28-22-36-40(30(28)21-25)32-14-9-11-26(37-32)23-42-43(6,7)33(2,3)4/h9-15,20-22,41H,8,16-19,23,35H2,1-7H3. The molecule has 9 heteroatoms. The highest BCUT2D eigenvalue weighted by Gasteiger charge is 2.37. The molecule has 1 aliphatic rings. The smallest absolute Gasteiger partial charge is 0.192 e. The Hall–Kier alpha value is -3.21. The maximum atomic E-state index is 10.9. The highest BCUT2D eigenvalue weighted by Crippen LogP contribution is 2.37. The van der Waals surface area contributed by atoms with Crippen LogP contribution in [-0.4, -0.2) is 58.2 Å². The van der Waals surface area contributed by atoms with Gasteiger partial charge in [-0.2, -0.15) is 5.10 Å². The van der Waals surface area contributed by atoms with Crippen molar-refractivity contribution in [2.24, 2.45) is 5.73 Å². The van der Waals surface area contributed by atoms with E-state index in [9.17, 15) is 5.11 Å². The maximum Gasteiger partial charge on any atom is 0.192 e. The number of pyridine rings is 2. The molecule has 5 rings (SSSR count). The third-order valence-corrected chi connectivity index (χ3v) is 13.4. The fourth-order valence-electron chi connectivity index (χ4n) is 5.22. The molecule has 0 spiro atoms. The molecule has 4 aromatic rings. The van der Waals surface area contributed by atoms with Crippen molar-refractivity contribution < 1.29 is 9.53 Å². The first kappa shape index (κ1) is 31.2. The molecule has 0 saturated heterocycles. The van der Waals surface area contributed by atoms with Gasteiger partial charge in [0.15, 0.2) is 19.9 Å². The molecule has 0 radical (unpaired) electrons. The Labute approximate surface area is 256 Å². The number of likely N-dealkylation sites (N-methyl/N-ethyl adjacent to an activating group) is 1. The van der Waals surface area contributed by atoms with E-state index < -0.39 is 14.0 Å². The van der Waals surface area contributed by atoms with E-state index in [2.05, 4.69) is 64.0 Å². The van der Waals surface area contributed by atoms with Crippen molar-refractivity contribution in [3.05, 3.63) is 77.8 Å². The molecule has 43 heavy (non-hydrogen) atoms. The lowest BCUT2D eigenvalue weighted by Crippen LogP contribution is -2.40. The molecule has 0 saturated carbocycles. The average Bonchev–Trinajstić information content (AvgIpc) is 3.40. The van der Waals surface area contributed by atoms with Gasteiger partial charge in [-0.1, -0.05) is 52.3 Å². The molecule has 0 bridgehead atoms. The summed E-state index contributed by atoms with van der Waals surface area (Å²) in [5.74, 6) is 0.743. The maximum absolute atomic E-state index is 10.9. The fraction of sp³-hybridized carbons (Fsp3) is 0.441. The lowest BCUT2D eigenvalue weighted by atomic mass is 9.93. The van der Waals surface area contributed by atoms with Crippen LogP contribution in [-0.2, 0) is 16.8 Å². The summed E-state index contributed by atoms with van der Waals surface area (Å²) < 4.78 is 8.39. The van der Waals surface area contributed by atoms with Crippen LogP contribution < -0.4 is 5.73 Å². The van der Waals surface area contributed by atoms with E-state index in [-0.39, 0.29) is 5.04 Å². The van der Waals surface area contributed by atoms with E-state index in [1.54, 1.807) is 6.07 Å². The highest BCUT2D eigenvalue weighted by molar-refractivity contribution is 6.74. The summed E-state index contributed by atoms with van der Waals surface area (Å²) in [5.41, 5.74) is 11.2. The summed E-state index contributed by atoms with van der Waals surface area (Å²) in [6.07, 6.45) is 6.38. The molecule has 1 unspecified atom stereocenters. The SMILES string of the molecule is CCCC(N)(O)c1cccc(-c2cc(C3=CCN(C)CC3)c3cnn(-c4cccc(CO[Si](C)(C)C(C)(C)C)n4)c3c2)n1. The number of aromatic nitrogens is 4. The predicted molar refractivity (Wildman–Crippen MR) is 177 cm³/mol. The predicted octanol–water partition coefficient (Wildman–Crippen LogP) is 6.63. The van der Waals surface area contributed by atoms with E-state index >= 15 is 0 Å². The third-order valence-electron chi connectivity index (χ3n) is 8.96. The summed E-state index contributed by atoms with van der Waals surface area (Å²) in [6, 6.07) is 16.0. The van der Waals surface area contributed by atoms with E-state index in [0.29, 0.717) is 18.7 Å². The molecular weight excluding hydrogens is 553 g/mol. The zero-order valence-corrected chi connectivity index (χ0v) is 27.7. The number of hydrogen-bond donors (Lipinski definition) is 2. The third kappa shape index (κ3) is 6.66. The Morgan fingerprint density at radius 2 is 1.84 bits per heavy atom. The minimum atomic E-state index is -1.92. The van der Waals surface area contributed by atoms with Crippen LogP contribution in [0.3, 0.4) is 0 Å². The van der Waals surface area contributed by atoms with Crippen LogP contribution in [0.2, 0.25) is 18.1 Å². The van der Waals surface area contributed by atoms with Gasteiger partial charge in [0.05, 0.1) is 35.4 Å². The number of rotatable bonds is 9. The largest absolute Gasteiger partial charge is 0.411 e. The summed E-state index contributed by atoms with van der Waals surface area (Å²) in [5, 5.41) is 16.9.